The van der Waals surface area contributed by atoms with Crippen LogP contribution in [0.15, 0.2) is 60.7 Å². The molecule has 1 atom stereocenters. The molecule has 3 rings (SSSR count). The predicted octanol–water partition coefficient (Wildman–Crippen LogP) is 4.04. The average Bonchev–Trinajstić information content (AvgIpc) is 2.38. The van der Waals surface area contributed by atoms with Gasteiger partial charge in [0.25, 0.3) is 8.03 Å². The molecule has 2 nitrogen and oxygen atoms in total. The highest BCUT2D eigenvalue weighted by atomic mass is 31.1. The first kappa shape index (κ1) is 12.3. The summed E-state index contributed by atoms with van der Waals surface area (Å²) in [5, 5.41) is 0.751. The van der Waals surface area contributed by atoms with Gasteiger partial charge in [-0.05, 0) is 48.2 Å². The maximum atomic E-state index is 12.1. The summed E-state index contributed by atoms with van der Waals surface area (Å²) in [6.07, 6.45) is 4.50. The Morgan fingerprint density at radius 2 is 1.79 bits per heavy atom. The van der Waals surface area contributed by atoms with Gasteiger partial charge in [0.15, 0.2) is 0 Å². The van der Waals surface area contributed by atoms with E-state index in [1.165, 1.54) is 11.1 Å². The molecule has 1 unspecified atom stereocenters. The lowest BCUT2D eigenvalue weighted by Crippen LogP contribution is -1.99. The van der Waals surface area contributed by atoms with Crippen molar-refractivity contribution >= 4 is 18.9 Å². The van der Waals surface area contributed by atoms with Gasteiger partial charge in [0.2, 0.25) is 0 Å². The van der Waals surface area contributed by atoms with Crippen molar-refractivity contribution in [1.82, 2.24) is 0 Å². The molecule has 0 saturated carbocycles. The average molecular weight is 270 g/mol. The normalized spacial score (nSPS) is 15.3. The maximum Gasteiger partial charge on any atom is 0.265 e. The summed E-state index contributed by atoms with van der Waals surface area (Å²) in [7, 11) is -2.22. The van der Waals surface area contributed by atoms with Crippen molar-refractivity contribution < 1.29 is 9.09 Å². The first-order valence-electron chi connectivity index (χ1n) is 6.39. The highest BCUT2D eigenvalue weighted by molar-refractivity contribution is 7.48. The van der Waals surface area contributed by atoms with E-state index in [0.717, 1.165) is 18.1 Å². The molecule has 0 aliphatic heterocycles. The van der Waals surface area contributed by atoms with Gasteiger partial charge >= 0.3 is 0 Å². The van der Waals surface area contributed by atoms with Crippen molar-refractivity contribution in [2.45, 2.75) is 12.8 Å². The number of rotatable bonds is 4. The number of hydrogen-bond donors (Lipinski definition) is 0. The van der Waals surface area contributed by atoms with Crippen LogP contribution < -0.4 is 9.83 Å². The lowest BCUT2D eigenvalue weighted by molar-refractivity contribution is 0.514. The number of allylic oxidation sites excluding steroid dienone is 2. The van der Waals surface area contributed by atoms with E-state index >= 15 is 0 Å². The summed E-state index contributed by atoms with van der Waals surface area (Å²) in [5.41, 5.74) is 2.52. The van der Waals surface area contributed by atoms with E-state index < -0.39 is 8.03 Å². The van der Waals surface area contributed by atoms with Crippen molar-refractivity contribution in [2.75, 3.05) is 0 Å². The zero-order chi connectivity index (χ0) is 13.1. The van der Waals surface area contributed by atoms with Crippen LogP contribution >= 0.6 is 8.03 Å². The van der Waals surface area contributed by atoms with Gasteiger partial charge in [-0.3, -0.25) is 4.57 Å². The van der Waals surface area contributed by atoms with Crippen molar-refractivity contribution in [2.24, 2.45) is 0 Å². The van der Waals surface area contributed by atoms with Crippen molar-refractivity contribution in [3.05, 3.63) is 66.2 Å². The molecular formula is C16H15O2P. The van der Waals surface area contributed by atoms with Gasteiger partial charge in [0.05, 0.1) is 0 Å². The second-order valence-electron chi connectivity index (χ2n) is 4.55. The molecule has 2 aromatic carbocycles. The van der Waals surface area contributed by atoms with Crippen molar-refractivity contribution in [3.8, 4) is 5.75 Å². The molecule has 19 heavy (non-hydrogen) atoms. The minimum atomic E-state index is -2.22. The first-order valence-corrected chi connectivity index (χ1v) is 7.71. The molecule has 0 amide bonds. The Hall–Kier alpha value is -1.79. The molecule has 1 aliphatic rings. The van der Waals surface area contributed by atoms with Gasteiger partial charge in [0, 0.05) is 5.30 Å². The van der Waals surface area contributed by atoms with E-state index in [1.54, 1.807) is 0 Å². The summed E-state index contributed by atoms with van der Waals surface area (Å²) in [4.78, 5) is 0. The van der Waals surface area contributed by atoms with E-state index in [-0.39, 0.29) is 0 Å². The molecular weight excluding hydrogens is 255 g/mol. The summed E-state index contributed by atoms with van der Waals surface area (Å²) >= 11 is 0. The summed E-state index contributed by atoms with van der Waals surface area (Å²) in [6, 6.07) is 17.2. The van der Waals surface area contributed by atoms with Crippen molar-refractivity contribution in [1.29, 1.82) is 0 Å². The SMILES string of the molecule is O=[PH](Oc1cccc(C2=CCC2)c1)c1ccccc1. The van der Waals surface area contributed by atoms with Crippen LogP contribution in [0.2, 0.25) is 0 Å². The molecule has 0 radical (unpaired) electrons. The molecule has 0 bridgehead atoms. The molecule has 0 saturated heterocycles. The Balaban J connectivity index is 1.78. The first-order chi connectivity index (χ1) is 9.33. The fraction of sp³-hybridized carbons (Fsp3) is 0.125. The highest BCUT2D eigenvalue weighted by Crippen LogP contribution is 2.33. The van der Waals surface area contributed by atoms with Gasteiger partial charge in [-0.2, -0.15) is 0 Å². The Morgan fingerprint density at radius 1 is 1.00 bits per heavy atom. The van der Waals surface area contributed by atoms with Crippen LogP contribution in [0.4, 0.5) is 0 Å². The van der Waals surface area contributed by atoms with Crippen LogP contribution in [0.5, 0.6) is 5.75 Å². The zero-order valence-electron chi connectivity index (χ0n) is 10.5. The lowest BCUT2D eigenvalue weighted by atomic mass is 9.92. The third kappa shape index (κ3) is 2.80. The molecule has 0 aromatic heterocycles. The summed E-state index contributed by atoms with van der Waals surface area (Å²) in [6.45, 7) is 0. The number of hydrogen-bond acceptors (Lipinski definition) is 2. The Bertz CT molecular complexity index is 632. The van der Waals surface area contributed by atoms with Crippen LogP contribution in [0.1, 0.15) is 18.4 Å². The lowest BCUT2D eigenvalue weighted by Gasteiger charge is -2.15. The molecule has 1 aliphatic carbocycles. The van der Waals surface area contributed by atoms with Crippen LogP contribution in [-0.4, -0.2) is 0 Å². The molecule has 0 fully saturated rings. The third-order valence-corrected chi connectivity index (χ3v) is 4.46. The zero-order valence-corrected chi connectivity index (χ0v) is 11.5. The van der Waals surface area contributed by atoms with E-state index in [9.17, 15) is 4.57 Å². The van der Waals surface area contributed by atoms with Gasteiger partial charge in [-0.25, -0.2) is 0 Å². The van der Waals surface area contributed by atoms with Crippen molar-refractivity contribution in [3.63, 3.8) is 0 Å². The topological polar surface area (TPSA) is 26.3 Å². The van der Waals surface area contributed by atoms with Gasteiger partial charge < -0.3 is 4.52 Å². The molecule has 96 valence electrons. The third-order valence-electron chi connectivity index (χ3n) is 3.23. The van der Waals surface area contributed by atoms with Crippen LogP contribution in [0, 0.1) is 0 Å². The fourth-order valence-corrected chi connectivity index (χ4v) is 2.97. The minimum absolute atomic E-state index is 0.679. The molecule has 3 heteroatoms. The Kier molecular flexibility index (Phi) is 3.52. The minimum Gasteiger partial charge on any atom is -0.442 e. The van der Waals surface area contributed by atoms with E-state index in [2.05, 4.69) is 12.1 Å². The second kappa shape index (κ2) is 5.46. The quantitative estimate of drug-likeness (QED) is 0.784. The second-order valence-corrected chi connectivity index (χ2v) is 5.91. The molecule has 0 spiro atoms. The Labute approximate surface area is 113 Å². The maximum absolute atomic E-state index is 12.1. The van der Waals surface area contributed by atoms with E-state index in [1.807, 2.05) is 48.5 Å². The smallest absolute Gasteiger partial charge is 0.265 e. The van der Waals surface area contributed by atoms with Crippen LogP contribution in [-0.2, 0) is 4.57 Å². The standard InChI is InChI=1S/C16H15O2P/c17-19(16-10-2-1-3-11-16)18-15-9-5-8-14(12-15)13-6-4-7-13/h1-3,5-6,8-12,19H,4,7H2. The predicted molar refractivity (Wildman–Crippen MR) is 79.4 cm³/mol. The summed E-state index contributed by atoms with van der Waals surface area (Å²) in [5.74, 6) is 0.679. The van der Waals surface area contributed by atoms with E-state index in [0.29, 0.717) is 5.75 Å². The van der Waals surface area contributed by atoms with Crippen LogP contribution in [0.25, 0.3) is 5.57 Å². The Morgan fingerprint density at radius 3 is 2.47 bits per heavy atom. The fourth-order valence-electron chi connectivity index (χ4n) is 2.05. The number of benzene rings is 2. The molecule has 0 heterocycles. The monoisotopic (exact) mass is 270 g/mol. The van der Waals surface area contributed by atoms with Gasteiger partial charge in [0.1, 0.15) is 5.75 Å². The van der Waals surface area contributed by atoms with Gasteiger partial charge in [-0.15, -0.1) is 0 Å². The van der Waals surface area contributed by atoms with Gasteiger partial charge in [-0.1, -0.05) is 36.4 Å². The summed E-state index contributed by atoms with van der Waals surface area (Å²) < 4.78 is 17.7. The molecule has 2 aromatic rings. The molecule has 0 N–H and O–H groups in total. The van der Waals surface area contributed by atoms with E-state index in [4.69, 9.17) is 4.52 Å². The highest BCUT2D eigenvalue weighted by Gasteiger charge is 2.10. The largest absolute Gasteiger partial charge is 0.442 e. The van der Waals surface area contributed by atoms with Crippen LogP contribution in [0.3, 0.4) is 0 Å².